The molecule has 0 radical (unpaired) electrons. The molecule has 1 rings (SSSR count). The van der Waals surface area contributed by atoms with Crippen LogP contribution in [0.4, 0.5) is 10.6 Å². The number of aromatic carboxylic acids is 1. The summed E-state index contributed by atoms with van der Waals surface area (Å²) in [4.78, 5) is 28.8. The Balaban J connectivity index is 2.66. The van der Waals surface area contributed by atoms with Crippen LogP contribution >= 0.6 is 0 Å². The molecule has 0 saturated heterocycles. The monoisotopic (exact) mass is 223 g/mol. The molecule has 0 aliphatic carbocycles. The van der Waals surface area contributed by atoms with E-state index in [-0.39, 0.29) is 18.1 Å². The molecule has 84 valence electrons. The first kappa shape index (κ1) is 11.6. The summed E-state index contributed by atoms with van der Waals surface area (Å²) in [6.45, 7) is 3.42. The van der Waals surface area contributed by atoms with Crippen molar-refractivity contribution in [1.29, 1.82) is 0 Å². The van der Waals surface area contributed by atoms with Gasteiger partial charge in [-0.05, 0) is 0 Å². The normalized spacial score (nSPS) is 9.25. The van der Waals surface area contributed by atoms with Crippen molar-refractivity contribution in [3.05, 3.63) is 30.7 Å². The van der Waals surface area contributed by atoms with E-state index in [9.17, 15) is 9.59 Å². The Kier molecular flexibility index (Phi) is 3.96. The number of amides is 1. The van der Waals surface area contributed by atoms with Gasteiger partial charge in [0.25, 0.3) is 0 Å². The maximum absolute atomic E-state index is 11.1. The maximum atomic E-state index is 11.1. The fourth-order valence-electron chi connectivity index (χ4n) is 0.805. The van der Waals surface area contributed by atoms with Crippen molar-refractivity contribution in [2.75, 3.05) is 11.9 Å². The molecule has 1 aromatic heterocycles. The molecule has 0 bridgehead atoms. The van der Waals surface area contributed by atoms with Crippen molar-refractivity contribution in [1.82, 2.24) is 9.97 Å². The van der Waals surface area contributed by atoms with E-state index in [1.54, 1.807) is 0 Å². The molecule has 0 saturated carbocycles. The average molecular weight is 223 g/mol. The van der Waals surface area contributed by atoms with Gasteiger partial charge in [-0.2, -0.15) is 0 Å². The number of carboxylic acid groups (broad SMARTS) is 1. The van der Waals surface area contributed by atoms with Crippen molar-refractivity contribution in [2.45, 2.75) is 0 Å². The zero-order chi connectivity index (χ0) is 12.0. The van der Waals surface area contributed by atoms with E-state index >= 15 is 0 Å². The number of hydrogen-bond donors (Lipinski definition) is 2. The molecule has 16 heavy (non-hydrogen) atoms. The highest BCUT2D eigenvalue weighted by molar-refractivity contribution is 5.87. The second-order valence-electron chi connectivity index (χ2n) is 2.61. The van der Waals surface area contributed by atoms with Gasteiger partial charge in [0.15, 0.2) is 11.5 Å². The minimum atomic E-state index is -1.23. The van der Waals surface area contributed by atoms with Crippen molar-refractivity contribution in [2.24, 2.45) is 0 Å². The fraction of sp³-hybridized carbons (Fsp3) is 0.111. The molecule has 1 amide bonds. The number of rotatable bonds is 4. The third kappa shape index (κ3) is 3.37. The highest BCUT2D eigenvalue weighted by atomic mass is 16.5. The molecule has 2 N–H and O–H groups in total. The van der Waals surface area contributed by atoms with Crippen molar-refractivity contribution in [3.63, 3.8) is 0 Å². The predicted octanol–water partition coefficient (Wildman–Crippen LogP) is 0.909. The number of aromatic nitrogens is 2. The van der Waals surface area contributed by atoms with E-state index in [1.165, 1.54) is 12.3 Å². The Morgan fingerprint density at radius 1 is 1.56 bits per heavy atom. The summed E-state index contributed by atoms with van der Waals surface area (Å²) in [7, 11) is 0. The molecular weight excluding hydrogens is 214 g/mol. The van der Waals surface area contributed by atoms with Gasteiger partial charge < -0.3 is 9.84 Å². The van der Waals surface area contributed by atoms with E-state index < -0.39 is 12.1 Å². The Morgan fingerprint density at radius 3 is 2.94 bits per heavy atom. The highest BCUT2D eigenvalue weighted by Crippen LogP contribution is 2.02. The molecule has 0 fully saturated rings. The van der Waals surface area contributed by atoms with Gasteiger partial charge in [0.2, 0.25) is 0 Å². The lowest BCUT2D eigenvalue weighted by atomic mass is 10.4. The van der Waals surface area contributed by atoms with E-state index in [0.717, 1.165) is 6.20 Å². The average Bonchev–Trinajstić information content (AvgIpc) is 2.26. The number of nitrogens with zero attached hydrogens (tertiary/aromatic N) is 2. The van der Waals surface area contributed by atoms with Crippen LogP contribution in [0.15, 0.2) is 25.0 Å². The fourth-order valence-corrected chi connectivity index (χ4v) is 0.805. The molecule has 1 heterocycles. The van der Waals surface area contributed by atoms with Crippen LogP contribution in [0.3, 0.4) is 0 Å². The van der Waals surface area contributed by atoms with Gasteiger partial charge in [-0.25, -0.2) is 14.6 Å². The summed E-state index contributed by atoms with van der Waals surface area (Å²) < 4.78 is 4.61. The smallest absolute Gasteiger partial charge is 0.413 e. The minimum Gasteiger partial charge on any atom is -0.476 e. The molecule has 0 aliphatic rings. The van der Waals surface area contributed by atoms with E-state index in [4.69, 9.17) is 5.11 Å². The van der Waals surface area contributed by atoms with E-state index in [0.29, 0.717) is 0 Å². The van der Waals surface area contributed by atoms with Gasteiger partial charge in [-0.15, -0.1) is 0 Å². The summed E-state index contributed by atoms with van der Waals surface area (Å²) in [6.07, 6.45) is 2.93. The van der Waals surface area contributed by atoms with Gasteiger partial charge in [0, 0.05) is 0 Å². The van der Waals surface area contributed by atoms with Crippen molar-refractivity contribution < 1.29 is 19.4 Å². The van der Waals surface area contributed by atoms with Gasteiger partial charge in [0.05, 0.1) is 12.4 Å². The summed E-state index contributed by atoms with van der Waals surface area (Å²) in [6, 6.07) is 0. The number of anilines is 1. The molecule has 0 aliphatic heterocycles. The lowest BCUT2D eigenvalue weighted by molar-refractivity contribution is 0.0690. The van der Waals surface area contributed by atoms with Crippen LogP contribution < -0.4 is 5.32 Å². The Hall–Kier alpha value is -2.44. The zero-order valence-electron chi connectivity index (χ0n) is 8.21. The summed E-state index contributed by atoms with van der Waals surface area (Å²) in [5, 5.41) is 10.9. The summed E-state index contributed by atoms with van der Waals surface area (Å²) in [5.74, 6) is -1.22. The lowest BCUT2D eigenvalue weighted by Gasteiger charge is -2.04. The van der Waals surface area contributed by atoms with Crippen LogP contribution in [0.5, 0.6) is 0 Å². The van der Waals surface area contributed by atoms with Crippen LogP contribution in [0, 0.1) is 0 Å². The van der Waals surface area contributed by atoms with Crippen LogP contribution in [0.2, 0.25) is 0 Å². The van der Waals surface area contributed by atoms with E-state index in [2.05, 4.69) is 26.6 Å². The summed E-state index contributed by atoms with van der Waals surface area (Å²) >= 11 is 0. The topological polar surface area (TPSA) is 101 Å². The number of carbonyl (C=O) groups excluding carboxylic acids is 1. The largest absolute Gasteiger partial charge is 0.476 e. The second-order valence-corrected chi connectivity index (χ2v) is 2.61. The van der Waals surface area contributed by atoms with Gasteiger partial charge in [-0.3, -0.25) is 10.3 Å². The molecule has 1 aromatic rings. The van der Waals surface area contributed by atoms with Gasteiger partial charge in [-0.1, -0.05) is 12.7 Å². The number of ether oxygens (including phenoxy) is 1. The number of carbonyl (C=O) groups is 2. The quantitative estimate of drug-likeness (QED) is 0.735. The molecule has 0 aromatic carbocycles. The SMILES string of the molecule is C=CCOC(=O)Nc1cncc(C(=O)O)n1. The summed E-state index contributed by atoms with van der Waals surface area (Å²) in [5.41, 5.74) is -0.262. The second kappa shape index (κ2) is 5.44. The van der Waals surface area contributed by atoms with E-state index in [1.807, 2.05) is 0 Å². The predicted molar refractivity (Wildman–Crippen MR) is 54.2 cm³/mol. The first-order valence-electron chi connectivity index (χ1n) is 4.23. The third-order valence-electron chi connectivity index (χ3n) is 1.42. The van der Waals surface area contributed by atoms with Gasteiger partial charge >= 0.3 is 12.1 Å². The first-order chi connectivity index (χ1) is 7.63. The van der Waals surface area contributed by atoms with Crippen molar-refractivity contribution >= 4 is 17.9 Å². The van der Waals surface area contributed by atoms with Crippen LogP contribution in [0.1, 0.15) is 10.5 Å². The van der Waals surface area contributed by atoms with Crippen molar-refractivity contribution in [3.8, 4) is 0 Å². The molecule has 7 nitrogen and oxygen atoms in total. The zero-order valence-corrected chi connectivity index (χ0v) is 8.21. The minimum absolute atomic E-state index is 0.00830. The first-order valence-corrected chi connectivity index (χ1v) is 4.23. The molecule has 0 unspecified atom stereocenters. The Bertz CT molecular complexity index is 419. The standard InChI is InChI=1S/C9H9N3O4/c1-2-3-16-9(15)12-7-5-10-4-6(11-7)8(13)14/h2,4-5H,1,3H2,(H,13,14)(H,11,12,15). The number of nitrogens with one attached hydrogen (secondary N) is 1. The van der Waals surface area contributed by atoms with Crippen LogP contribution in [-0.4, -0.2) is 33.7 Å². The highest BCUT2D eigenvalue weighted by Gasteiger charge is 2.08. The Morgan fingerprint density at radius 2 is 2.31 bits per heavy atom. The van der Waals surface area contributed by atoms with Crippen LogP contribution in [0.25, 0.3) is 0 Å². The maximum Gasteiger partial charge on any atom is 0.413 e. The molecule has 0 atom stereocenters. The molecule has 7 heteroatoms. The Labute approximate surface area is 90.8 Å². The number of carboxylic acids is 1. The lowest BCUT2D eigenvalue weighted by Crippen LogP contribution is -2.15. The molecular formula is C9H9N3O4. The third-order valence-corrected chi connectivity index (χ3v) is 1.42. The van der Waals surface area contributed by atoms with Crippen LogP contribution in [-0.2, 0) is 4.74 Å². The number of hydrogen-bond acceptors (Lipinski definition) is 5. The molecule has 0 spiro atoms. The van der Waals surface area contributed by atoms with Gasteiger partial charge in [0.1, 0.15) is 6.61 Å².